The fourth-order valence-electron chi connectivity index (χ4n) is 4.39. The maximum atomic E-state index is 13.2. The molecule has 12 heteroatoms. The van der Waals surface area contributed by atoms with E-state index in [1.54, 1.807) is 19.2 Å². The maximum absolute atomic E-state index is 13.2. The van der Waals surface area contributed by atoms with Gasteiger partial charge in [0.05, 0.1) is 22.6 Å². The van der Waals surface area contributed by atoms with E-state index in [-0.39, 0.29) is 5.76 Å². The number of aryl methyl sites for hydroxylation is 1. The molecule has 0 unspecified atom stereocenters. The number of fused-ring (bicyclic) bond motifs is 1. The monoisotopic (exact) mass is 537 g/mol. The van der Waals surface area contributed by atoms with Crippen LogP contribution in [0.15, 0.2) is 45.5 Å². The molecule has 0 bridgehead atoms. The second-order valence-electron chi connectivity index (χ2n) is 8.61. The van der Waals surface area contributed by atoms with Crippen molar-refractivity contribution in [2.45, 2.75) is 31.4 Å². The van der Waals surface area contributed by atoms with Gasteiger partial charge in [0.2, 0.25) is 5.76 Å². The van der Waals surface area contributed by atoms with Crippen molar-refractivity contribution in [2.75, 3.05) is 31.5 Å². The summed E-state index contributed by atoms with van der Waals surface area (Å²) in [6.45, 7) is 7.89. The van der Waals surface area contributed by atoms with Crippen molar-refractivity contribution in [2.24, 2.45) is 0 Å². The smallest absolute Gasteiger partial charge is 0.252 e. The van der Waals surface area contributed by atoms with E-state index in [0.717, 1.165) is 35.5 Å². The molecule has 0 fully saturated rings. The number of thiophene rings is 1. The maximum Gasteiger partial charge on any atom is 0.252 e. The third kappa shape index (κ3) is 4.67. The van der Waals surface area contributed by atoms with Crippen LogP contribution in [-0.4, -0.2) is 53.3 Å². The van der Waals surface area contributed by atoms with Crippen LogP contribution in [0.3, 0.4) is 0 Å². The second kappa shape index (κ2) is 10.1. The molecule has 4 aromatic rings. The van der Waals surface area contributed by atoms with E-state index in [1.165, 1.54) is 21.9 Å². The Labute approximate surface area is 219 Å². The Bertz CT molecular complexity index is 1640. The lowest BCUT2D eigenvalue weighted by atomic mass is 10.1. The molecule has 1 aliphatic heterocycles. The Morgan fingerprint density at radius 3 is 2.81 bits per heavy atom. The van der Waals surface area contributed by atoms with Crippen LogP contribution in [0.25, 0.3) is 22.5 Å². The van der Waals surface area contributed by atoms with E-state index >= 15 is 0 Å². The SMILES string of the molecule is CCN(CC)S(=O)(=O)c1sc(Nc2nc(C3=CCCNC3)cn3c(-c4coc(C#N)c4)cnc23)cc1C. The third-order valence-electron chi connectivity index (χ3n) is 6.25. The number of rotatable bonds is 8. The lowest BCUT2D eigenvalue weighted by Gasteiger charge is -2.17. The number of nitrogens with zero attached hydrogens (tertiary/aromatic N) is 5. The highest BCUT2D eigenvalue weighted by Crippen LogP contribution is 2.36. The van der Waals surface area contributed by atoms with Crippen molar-refractivity contribution >= 4 is 43.4 Å². The molecule has 1 aliphatic rings. The predicted molar refractivity (Wildman–Crippen MR) is 143 cm³/mol. The summed E-state index contributed by atoms with van der Waals surface area (Å²) >= 11 is 1.18. The minimum absolute atomic E-state index is 0.216. The number of hydrogen-bond acceptors (Lipinski definition) is 9. The van der Waals surface area contributed by atoms with Gasteiger partial charge in [-0.25, -0.2) is 18.4 Å². The Hall–Kier alpha value is -3.50. The highest BCUT2D eigenvalue weighted by molar-refractivity contribution is 7.91. The first-order valence-corrected chi connectivity index (χ1v) is 14.3. The number of hydrogen-bond donors (Lipinski definition) is 2. The molecule has 0 radical (unpaired) electrons. The number of aromatic nitrogens is 3. The van der Waals surface area contributed by atoms with E-state index in [1.807, 2.05) is 36.6 Å². The van der Waals surface area contributed by atoms with Crippen LogP contribution in [0.1, 0.15) is 37.3 Å². The lowest BCUT2D eigenvalue weighted by molar-refractivity contribution is 0.446. The van der Waals surface area contributed by atoms with Crippen LogP contribution in [0.2, 0.25) is 0 Å². The Morgan fingerprint density at radius 1 is 1.32 bits per heavy atom. The minimum Gasteiger partial charge on any atom is -0.453 e. The molecule has 10 nitrogen and oxygen atoms in total. The average molecular weight is 538 g/mol. The number of anilines is 2. The standard InChI is InChI=1S/C25H27N7O3S2/c1-4-31(5-2)37(33,34)25-16(3)9-22(36-25)30-23-24-28-13-21(18-10-19(11-26)35-15-18)32(24)14-20(29-23)17-7-6-8-27-12-17/h7,9-10,13-15,27H,4-6,8,12H2,1-3H3,(H,29,30). The van der Waals surface area contributed by atoms with Gasteiger partial charge in [0.1, 0.15) is 16.5 Å². The highest BCUT2D eigenvalue weighted by Gasteiger charge is 2.27. The van der Waals surface area contributed by atoms with Crippen molar-refractivity contribution in [3.63, 3.8) is 0 Å². The molecule has 0 saturated carbocycles. The average Bonchev–Trinajstić information content (AvgIpc) is 3.63. The van der Waals surface area contributed by atoms with Gasteiger partial charge < -0.3 is 15.1 Å². The summed E-state index contributed by atoms with van der Waals surface area (Å²) in [5.74, 6) is 0.722. The van der Waals surface area contributed by atoms with E-state index in [2.05, 4.69) is 21.7 Å². The summed E-state index contributed by atoms with van der Waals surface area (Å²) in [5, 5.41) is 16.6. The molecule has 0 spiro atoms. The summed E-state index contributed by atoms with van der Waals surface area (Å²) in [5.41, 5.74) is 4.56. The number of imidazole rings is 1. The van der Waals surface area contributed by atoms with Crippen LogP contribution >= 0.6 is 11.3 Å². The Morgan fingerprint density at radius 2 is 2.14 bits per heavy atom. The minimum atomic E-state index is -3.59. The summed E-state index contributed by atoms with van der Waals surface area (Å²) in [4.78, 5) is 9.49. The van der Waals surface area contributed by atoms with Crippen molar-refractivity contribution in [1.82, 2.24) is 24.0 Å². The predicted octanol–water partition coefficient (Wildman–Crippen LogP) is 4.38. The number of nitriles is 1. The van der Waals surface area contributed by atoms with Crippen molar-refractivity contribution < 1.29 is 12.8 Å². The number of furan rings is 1. The fraction of sp³-hybridized carbons (Fsp3) is 0.320. The Balaban J connectivity index is 1.61. The zero-order valence-corrected chi connectivity index (χ0v) is 22.4. The molecular weight excluding hydrogens is 510 g/mol. The molecule has 4 aromatic heterocycles. The van der Waals surface area contributed by atoms with Crippen molar-refractivity contribution in [3.8, 4) is 17.3 Å². The Kier molecular flexibility index (Phi) is 6.87. The van der Waals surface area contributed by atoms with Gasteiger partial charge >= 0.3 is 0 Å². The van der Waals surface area contributed by atoms with Crippen LogP contribution in [0, 0.1) is 18.3 Å². The van der Waals surface area contributed by atoms with Gasteiger partial charge in [-0.1, -0.05) is 19.9 Å². The molecule has 37 heavy (non-hydrogen) atoms. The third-order valence-corrected chi connectivity index (χ3v) is 10.1. The molecule has 5 rings (SSSR count). The zero-order chi connectivity index (χ0) is 26.2. The molecule has 0 aromatic carbocycles. The van der Waals surface area contributed by atoms with Crippen LogP contribution in [-0.2, 0) is 10.0 Å². The number of sulfonamides is 1. The second-order valence-corrected chi connectivity index (χ2v) is 11.8. The molecule has 2 N–H and O–H groups in total. The first kappa shape index (κ1) is 25.2. The normalized spacial score (nSPS) is 14.2. The van der Waals surface area contributed by atoms with Crippen molar-refractivity contribution in [3.05, 3.63) is 53.9 Å². The van der Waals surface area contributed by atoms with Gasteiger partial charge in [0.25, 0.3) is 10.0 Å². The first-order valence-electron chi connectivity index (χ1n) is 12.0. The summed E-state index contributed by atoms with van der Waals surface area (Å²) in [6, 6.07) is 5.51. The van der Waals surface area contributed by atoms with E-state index in [9.17, 15) is 13.7 Å². The van der Waals surface area contributed by atoms with Gasteiger partial charge in [0, 0.05) is 37.5 Å². The largest absolute Gasteiger partial charge is 0.453 e. The molecule has 0 aliphatic carbocycles. The van der Waals surface area contributed by atoms with E-state index in [0.29, 0.717) is 45.9 Å². The summed E-state index contributed by atoms with van der Waals surface area (Å²) < 4.78 is 35.4. The van der Waals surface area contributed by atoms with Gasteiger partial charge in [0.15, 0.2) is 11.5 Å². The fourth-order valence-corrected chi connectivity index (χ4v) is 7.58. The molecular formula is C25H27N7O3S2. The van der Waals surface area contributed by atoms with E-state index in [4.69, 9.17) is 9.40 Å². The molecule has 5 heterocycles. The van der Waals surface area contributed by atoms with Gasteiger partial charge in [-0.3, -0.25) is 4.40 Å². The lowest BCUT2D eigenvalue weighted by Crippen LogP contribution is -2.30. The summed E-state index contributed by atoms with van der Waals surface area (Å²) in [7, 11) is -3.59. The highest BCUT2D eigenvalue weighted by atomic mass is 32.2. The molecule has 0 atom stereocenters. The molecule has 0 saturated heterocycles. The van der Waals surface area contributed by atoms with E-state index < -0.39 is 10.0 Å². The van der Waals surface area contributed by atoms with Crippen LogP contribution in [0.5, 0.6) is 0 Å². The zero-order valence-electron chi connectivity index (χ0n) is 20.8. The summed E-state index contributed by atoms with van der Waals surface area (Å²) in [6.07, 6.45) is 8.24. The van der Waals surface area contributed by atoms with Crippen LogP contribution < -0.4 is 10.6 Å². The van der Waals surface area contributed by atoms with Crippen molar-refractivity contribution in [1.29, 1.82) is 5.26 Å². The number of nitrogens with one attached hydrogen (secondary N) is 2. The topological polar surface area (TPSA) is 129 Å². The van der Waals surface area contributed by atoms with Crippen LogP contribution in [0.4, 0.5) is 10.8 Å². The first-order chi connectivity index (χ1) is 17.8. The quantitative estimate of drug-likeness (QED) is 0.339. The van der Waals surface area contributed by atoms with Gasteiger partial charge in [-0.15, -0.1) is 11.3 Å². The molecule has 0 amide bonds. The molecule has 192 valence electrons. The van der Waals surface area contributed by atoms with Gasteiger partial charge in [-0.05, 0) is 37.1 Å². The van der Waals surface area contributed by atoms with Gasteiger partial charge in [-0.2, -0.15) is 9.57 Å².